The maximum Gasteiger partial charge on any atom is 0.0314 e. The minimum absolute atomic E-state index is 0.0164. The Hall–Kier alpha value is -6.44. The van der Waals surface area contributed by atoms with Crippen molar-refractivity contribution in [2.75, 3.05) is 5.73 Å². The van der Waals surface area contributed by atoms with Gasteiger partial charge >= 0.3 is 0 Å². The molecule has 0 saturated carbocycles. The summed E-state index contributed by atoms with van der Waals surface area (Å²) in [5.41, 5.74) is 19.2. The Kier molecular flexibility index (Phi) is 6.75. The Morgan fingerprint density at radius 2 is 1.00 bits per heavy atom. The van der Waals surface area contributed by atoms with E-state index in [0.29, 0.717) is 0 Å². The highest BCUT2D eigenvalue weighted by Crippen LogP contribution is 2.42. The van der Waals surface area contributed by atoms with Crippen molar-refractivity contribution in [2.24, 2.45) is 5.41 Å². The number of nitrogen functional groups attached to an aromatic ring is 1. The summed E-state index contributed by atoms with van der Waals surface area (Å²) in [5.74, 6) is 0. The number of rotatable bonds is 4. The maximum atomic E-state index is 6.11. The number of hydrogen-bond donors (Lipinski definition) is 1. The van der Waals surface area contributed by atoms with Crippen LogP contribution in [0.5, 0.6) is 0 Å². The van der Waals surface area contributed by atoms with Crippen LogP contribution in [0.25, 0.3) is 88.5 Å². The van der Waals surface area contributed by atoms with Gasteiger partial charge in [-0.2, -0.15) is 0 Å². The van der Waals surface area contributed by atoms with Gasteiger partial charge in [-0.25, -0.2) is 0 Å². The van der Waals surface area contributed by atoms with Crippen molar-refractivity contribution >= 4 is 49.7 Å². The molecule has 1 nitrogen and oxygen atoms in total. The number of benzene rings is 8. The monoisotopic (exact) mass is 663 g/mol. The molecule has 1 heteroatoms. The molecule has 0 aliphatic heterocycles. The van der Waals surface area contributed by atoms with E-state index in [0.717, 1.165) is 11.3 Å². The van der Waals surface area contributed by atoms with Crippen LogP contribution in [0, 0.1) is 5.41 Å². The van der Waals surface area contributed by atoms with Gasteiger partial charge < -0.3 is 5.73 Å². The predicted molar refractivity (Wildman–Crippen MR) is 223 cm³/mol. The third-order valence-electron chi connectivity index (χ3n) is 11.2. The van der Waals surface area contributed by atoms with Gasteiger partial charge in [0.15, 0.2) is 0 Å². The van der Waals surface area contributed by atoms with Crippen LogP contribution >= 0.6 is 0 Å². The molecule has 10 rings (SSSR count). The molecule has 0 bridgehead atoms. The molecule has 0 heterocycles. The van der Waals surface area contributed by atoms with Gasteiger partial charge in [0.05, 0.1) is 0 Å². The number of nitrogens with two attached hydrogens (primary N) is 1. The van der Waals surface area contributed by atoms with Gasteiger partial charge in [0.25, 0.3) is 0 Å². The van der Waals surface area contributed by atoms with Crippen LogP contribution in [0.4, 0.5) is 5.69 Å². The SMILES string of the molecule is CC1(C)C=CC=C2C=c3cc4c5ccccc5c5cc(-c6ccc(-c7ccc(N)cc7)c(-c7ccc(-c8ccccc8)cc7)c6)ccc5c4cc3=C21. The first-order valence-corrected chi connectivity index (χ1v) is 18.1. The van der Waals surface area contributed by atoms with Gasteiger partial charge in [-0.3, -0.25) is 0 Å². The van der Waals surface area contributed by atoms with Crippen molar-refractivity contribution in [3.05, 3.63) is 186 Å². The fourth-order valence-electron chi connectivity index (χ4n) is 8.60. The van der Waals surface area contributed by atoms with Gasteiger partial charge in [-0.1, -0.05) is 147 Å². The normalized spacial score (nSPS) is 14.3. The summed E-state index contributed by atoms with van der Waals surface area (Å²) >= 11 is 0. The molecular formula is C51H37N. The minimum atomic E-state index is -0.0164. The van der Waals surface area contributed by atoms with Crippen LogP contribution in [0.15, 0.2) is 175 Å². The van der Waals surface area contributed by atoms with E-state index >= 15 is 0 Å². The van der Waals surface area contributed by atoms with E-state index in [1.165, 1.54) is 92.8 Å². The zero-order chi connectivity index (χ0) is 35.0. The predicted octanol–water partition coefficient (Wildman–Crippen LogP) is 11.9. The smallest absolute Gasteiger partial charge is 0.0314 e. The Balaban J connectivity index is 1.17. The molecule has 246 valence electrons. The van der Waals surface area contributed by atoms with Gasteiger partial charge in [-0.15, -0.1) is 0 Å². The lowest BCUT2D eigenvalue weighted by Gasteiger charge is -2.26. The summed E-state index contributed by atoms with van der Waals surface area (Å²) in [6.07, 6.45) is 9.17. The number of allylic oxidation sites excluding steroid dienone is 4. The van der Waals surface area contributed by atoms with Crippen LogP contribution in [0.3, 0.4) is 0 Å². The summed E-state index contributed by atoms with van der Waals surface area (Å²) in [6.45, 7) is 4.66. The lowest BCUT2D eigenvalue weighted by Crippen LogP contribution is -2.27. The molecular weight excluding hydrogens is 627 g/mol. The van der Waals surface area contributed by atoms with E-state index in [-0.39, 0.29) is 5.41 Å². The molecule has 0 spiro atoms. The zero-order valence-corrected chi connectivity index (χ0v) is 29.3. The fourth-order valence-corrected chi connectivity index (χ4v) is 8.60. The van der Waals surface area contributed by atoms with Gasteiger partial charge in [0, 0.05) is 11.1 Å². The Bertz CT molecular complexity index is 2940. The molecule has 0 saturated heterocycles. The molecule has 8 aromatic rings. The van der Waals surface area contributed by atoms with Crippen molar-refractivity contribution < 1.29 is 0 Å². The first kappa shape index (κ1) is 30.4. The second-order valence-corrected chi connectivity index (χ2v) is 14.8. The summed E-state index contributed by atoms with van der Waals surface area (Å²) in [5, 5.41) is 10.4. The topological polar surface area (TPSA) is 26.0 Å². The average molecular weight is 664 g/mol. The van der Waals surface area contributed by atoms with Crippen LogP contribution in [-0.4, -0.2) is 0 Å². The maximum absolute atomic E-state index is 6.11. The van der Waals surface area contributed by atoms with E-state index in [1.807, 2.05) is 12.1 Å². The highest BCUT2D eigenvalue weighted by Gasteiger charge is 2.28. The van der Waals surface area contributed by atoms with E-state index < -0.39 is 0 Å². The summed E-state index contributed by atoms with van der Waals surface area (Å²) < 4.78 is 0. The third kappa shape index (κ3) is 4.85. The zero-order valence-electron chi connectivity index (χ0n) is 29.3. The largest absolute Gasteiger partial charge is 0.399 e. The van der Waals surface area contributed by atoms with E-state index in [4.69, 9.17) is 5.73 Å². The minimum Gasteiger partial charge on any atom is -0.399 e. The van der Waals surface area contributed by atoms with Crippen LogP contribution in [-0.2, 0) is 0 Å². The highest BCUT2D eigenvalue weighted by atomic mass is 14.5. The Morgan fingerprint density at radius 3 is 1.77 bits per heavy atom. The highest BCUT2D eigenvalue weighted by molar-refractivity contribution is 6.26. The molecule has 2 aliphatic carbocycles. The molecule has 8 aromatic carbocycles. The molecule has 0 radical (unpaired) electrons. The van der Waals surface area contributed by atoms with E-state index in [1.54, 1.807) is 0 Å². The van der Waals surface area contributed by atoms with Crippen LogP contribution in [0.1, 0.15) is 13.8 Å². The lowest BCUT2D eigenvalue weighted by molar-refractivity contribution is 0.644. The van der Waals surface area contributed by atoms with Crippen molar-refractivity contribution in [3.63, 3.8) is 0 Å². The standard InChI is InChI=1S/C51H37N/c1-51(2)26-8-11-38-27-39-30-48-43-13-7-6-12-42(43)47-29-37(21-25-44(47)49(48)31-46(39)50(38)51)36-20-24-41(34-18-22-40(52)23-19-34)45(28-36)35-16-14-33(15-17-35)32-9-4-3-5-10-32/h3-31H,52H2,1-2H3. The van der Waals surface area contributed by atoms with Crippen molar-refractivity contribution in [2.45, 2.75) is 13.8 Å². The van der Waals surface area contributed by atoms with E-state index in [9.17, 15) is 0 Å². The fraction of sp³-hybridized carbons (Fsp3) is 0.0588. The van der Waals surface area contributed by atoms with Gasteiger partial charge in [0.1, 0.15) is 0 Å². The first-order chi connectivity index (χ1) is 25.4. The number of fused-ring (bicyclic) bond motifs is 8. The van der Waals surface area contributed by atoms with Crippen LogP contribution in [0.2, 0.25) is 0 Å². The third-order valence-corrected chi connectivity index (χ3v) is 11.2. The molecule has 0 atom stereocenters. The van der Waals surface area contributed by atoms with Gasteiger partial charge in [0.2, 0.25) is 0 Å². The van der Waals surface area contributed by atoms with Crippen molar-refractivity contribution in [1.82, 2.24) is 0 Å². The van der Waals surface area contributed by atoms with E-state index in [2.05, 4.69) is 178 Å². The molecule has 0 aromatic heterocycles. The molecule has 2 N–H and O–H groups in total. The second kappa shape index (κ2) is 11.5. The molecule has 0 amide bonds. The Morgan fingerprint density at radius 1 is 0.442 bits per heavy atom. The summed E-state index contributed by atoms with van der Waals surface area (Å²) in [6, 6.07) is 55.5. The van der Waals surface area contributed by atoms with Crippen LogP contribution < -0.4 is 16.2 Å². The Labute approximate surface area is 304 Å². The van der Waals surface area contributed by atoms with Crippen molar-refractivity contribution in [1.29, 1.82) is 0 Å². The quantitative estimate of drug-likeness (QED) is 0.147. The molecule has 0 unspecified atom stereocenters. The molecule has 52 heavy (non-hydrogen) atoms. The average Bonchev–Trinajstić information content (AvgIpc) is 3.57. The van der Waals surface area contributed by atoms with Gasteiger partial charge in [-0.05, 0) is 141 Å². The lowest BCUT2D eigenvalue weighted by atomic mass is 9.77. The molecule has 2 aliphatic rings. The number of anilines is 1. The van der Waals surface area contributed by atoms with Crippen molar-refractivity contribution in [3.8, 4) is 44.5 Å². The second-order valence-electron chi connectivity index (χ2n) is 14.8. The summed E-state index contributed by atoms with van der Waals surface area (Å²) in [4.78, 5) is 0. The first-order valence-electron chi connectivity index (χ1n) is 18.1. The summed E-state index contributed by atoms with van der Waals surface area (Å²) in [7, 11) is 0. The number of hydrogen-bond acceptors (Lipinski definition) is 1. The molecule has 0 fully saturated rings.